The Kier molecular flexibility index (Phi) is 6.26. The van der Waals surface area contributed by atoms with Gasteiger partial charge in [0.05, 0.1) is 5.00 Å². The molecule has 0 spiro atoms. The lowest BCUT2D eigenvalue weighted by atomic mass is 10.3. The molecule has 0 fully saturated rings. The molecule has 0 aliphatic rings. The average Bonchev–Trinajstić information content (AvgIpc) is 2.14. The van der Waals surface area contributed by atoms with Crippen molar-refractivity contribution in [1.29, 1.82) is 5.41 Å². The van der Waals surface area contributed by atoms with E-state index in [1.54, 1.807) is 11.4 Å². The Balaban J connectivity index is 0. The van der Waals surface area contributed by atoms with E-state index in [-0.39, 0.29) is 30.6 Å². The van der Waals surface area contributed by atoms with Crippen LogP contribution in [0.1, 0.15) is 5.56 Å². The van der Waals surface area contributed by atoms with Gasteiger partial charge in [-0.25, -0.2) is 0 Å². The first-order chi connectivity index (χ1) is 4.20. The van der Waals surface area contributed by atoms with Gasteiger partial charge in [0.25, 0.3) is 0 Å². The highest BCUT2D eigenvalue weighted by Crippen LogP contribution is 2.14. The number of hydrogen-bond acceptors (Lipinski definition) is 3. The number of nitrogens with one attached hydrogen (secondary N) is 1. The molecule has 6 heteroatoms. The minimum absolute atomic E-state index is 0. The summed E-state index contributed by atoms with van der Waals surface area (Å²) in [5.41, 5.74) is 11.3. The molecule has 0 aromatic carbocycles. The Labute approximate surface area is 81.1 Å². The second-order valence-electron chi connectivity index (χ2n) is 1.65. The number of anilines is 1. The first-order valence-corrected chi connectivity index (χ1v) is 3.26. The van der Waals surface area contributed by atoms with Crippen LogP contribution in [0.2, 0.25) is 0 Å². The van der Waals surface area contributed by atoms with Crippen molar-refractivity contribution in [3.63, 3.8) is 0 Å². The first-order valence-electron chi connectivity index (χ1n) is 2.38. The van der Waals surface area contributed by atoms with E-state index in [4.69, 9.17) is 16.9 Å². The first kappa shape index (κ1) is 13.2. The Morgan fingerprint density at radius 2 is 2.00 bits per heavy atom. The van der Waals surface area contributed by atoms with Gasteiger partial charge in [-0.2, -0.15) is 0 Å². The zero-order valence-corrected chi connectivity index (χ0v) is 7.98. The van der Waals surface area contributed by atoms with Crippen LogP contribution in [0.5, 0.6) is 0 Å². The van der Waals surface area contributed by atoms with Crippen LogP contribution >= 0.6 is 36.2 Å². The smallest absolute Gasteiger partial charge is 0.123 e. The molecule has 0 amide bonds. The van der Waals surface area contributed by atoms with Gasteiger partial charge >= 0.3 is 0 Å². The van der Waals surface area contributed by atoms with E-state index in [2.05, 4.69) is 0 Å². The summed E-state index contributed by atoms with van der Waals surface area (Å²) in [5, 5.41) is 9.43. The van der Waals surface area contributed by atoms with Crippen molar-refractivity contribution in [3.8, 4) is 0 Å². The fourth-order valence-electron chi connectivity index (χ4n) is 0.494. The summed E-state index contributed by atoms with van der Waals surface area (Å²) < 4.78 is 0. The van der Waals surface area contributed by atoms with E-state index in [0.29, 0.717) is 10.6 Å². The maximum Gasteiger partial charge on any atom is 0.123 e. The molecule has 0 aliphatic heterocycles. The highest BCUT2D eigenvalue weighted by atomic mass is 35.5. The Bertz CT molecular complexity index is 235. The Morgan fingerprint density at radius 1 is 1.45 bits per heavy atom. The molecule has 11 heavy (non-hydrogen) atoms. The predicted octanol–water partition coefficient (Wildman–Crippen LogP) is 1.46. The van der Waals surface area contributed by atoms with E-state index >= 15 is 0 Å². The number of thiophene rings is 1. The molecule has 1 aromatic rings. The molecule has 1 rings (SSSR count). The quantitative estimate of drug-likeness (QED) is 0.489. The minimum Gasteiger partial charge on any atom is -0.391 e. The Morgan fingerprint density at radius 3 is 2.18 bits per heavy atom. The minimum atomic E-state index is 0. The molecule has 64 valence electrons. The van der Waals surface area contributed by atoms with Crippen molar-refractivity contribution >= 4 is 47.0 Å². The van der Waals surface area contributed by atoms with Gasteiger partial charge in [0, 0.05) is 10.9 Å². The van der Waals surface area contributed by atoms with Crippen molar-refractivity contribution in [2.75, 3.05) is 5.73 Å². The van der Waals surface area contributed by atoms with Crippen LogP contribution in [-0.2, 0) is 0 Å². The van der Waals surface area contributed by atoms with Gasteiger partial charge in [-0.15, -0.1) is 36.2 Å². The molecule has 1 heterocycles. The molecule has 5 N–H and O–H groups in total. The lowest BCUT2D eigenvalue weighted by molar-refractivity contribution is 1.44. The lowest BCUT2D eigenvalue weighted by Crippen LogP contribution is -2.09. The topological polar surface area (TPSA) is 75.9 Å². The standard InChI is InChI=1S/C5H7N3S.2ClH/c6-4-1-3(2-9-4)5(7)8;;/h1-2H,6H2,(H3,7,8);2*1H. The second kappa shape index (κ2) is 5.23. The predicted molar refractivity (Wildman–Crippen MR) is 54.2 cm³/mol. The molecular formula is C5H9Cl2N3S. The maximum atomic E-state index is 6.98. The SMILES string of the molecule is Cl.Cl.N=C(N)c1csc(N)c1. The average molecular weight is 214 g/mol. The van der Waals surface area contributed by atoms with Gasteiger partial charge in [0.15, 0.2) is 0 Å². The summed E-state index contributed by atoms with van der Waals surface area (Å²) in [4.78, 5) is 0. The van der Waals surface area contributed by atoms with Crippen molar-refractivity contribution in [2.24, 2.45) is 5.73 Å². The number of rotatable bonds is 1. The van der Waals surface area contributed by atoms with Crippen molar-refractivity contribution in [1.82, 2.24) is 0 Å². The molecule has 0 saturated heterocycles. The molecule has 0 saturated carbocycles. The van der Waals surface area contributed by atoms with Gasteiger partial charge in [-0.1, -0.05) is 0 Å². The van der Waals surface area contributed by atoms with Crippen LogP contribution in [0.15, 0.2) is 11.4 Å². The van der Waals surface area contributed by atoms with Gasteiger partial charge in [0.2, 0.25) is 0 Å². The van der Waals surface area contributed by atoms with Gasteiger partial charge in [0.1, 0.15) is 5.84 Å². The van der Waals surface area contributed by atoms with Crippen LogP contribution in [0.3, 0.4) is 0 Å². The molecule has 0 radical (unpaired) electrons. The summed E-state index contributed by atoms with van der Waals surface area (Å²) in [7, 11) is 0. The maximum absolute atomic E-state index is 6.98. The zero-order valence-electron chi connectivity index (χ0n) is 5.53. The molecule has 0 atom stereocenters. The summed E-state index contributed by atoms with van der Waals surface area (Å²) in [6, 6.07) is 1.69. The fourth-order valence-corrected chi connectivity index (χ4v) is 1.15. The summed E-state index contributed by atoms with van der Waals surface area (Å²) >= 11 is 1.39. The van der Waals surface area contributed by atoms with Crippen LogP contribution < -0.4 is 11.5 Å². The van der Waals surface area contributed by atoms with E-state index in [9.17, 15) is 0 Å². The monoisotopic (exact) mass is 213 g/mol. The number of hydrogen-bond donors (Lipinski definition) is 3. The largest absolute Gasteiger partial charge is 0.391 e. The van der Waals surface area contributed by atoms with E-state index in [0.717, 1.165) is 0 Å². The molecule has 0 unspecified atom stereocenters. The summed E-state index contributed by atoms with van der Waals surface area (Å²) in [6.45, 7) is 0. The lowest BCUT2D eigenvalue weighted by Gasteiger charge is -1.86. The highest BCUT2D eigenvalue weighted by molar-refractivity contribution is 7.14. The number of halogens is 2. The van der Waals surface area contributed by atoms with E-state index in [1.165, 1.54) is 11.3 Å². The molecular weight excluding hydrogens is 205 g/mol. The molecule has 0 aliphatic carbocycles. The van der Waals surface area contributed by atoms with Crippen LogP contribution in [-0.4, -0.2) is 5.84 Å². The highest BCUT2D eigenvalue weighted by Gasteiger charge is 1.96. The molecule has 3 nitrogen and oxygen atoms in total. The van der Waals surface area contributed by atoms with Gasteiger partial charge in [-0.05, 0) is 6.07 Å². The van der Waals surface area contributed by atoms with Crippen molar-refractivity contribution in [2.45, 2.75) is 0 Å². The zero-order chi connectivity index (χ0) is 6.85. The van der Waals surface area contributed by atoms with E-state index < -0.39 is 0 Å². The van der Waals surface area contributed by atoms with Crippen LogP contribution in [0.25, 0.3) is 0 Å². The molecule has 0 bridgehead atoms. The summed E-state index contributed by atoms with van der Waals surface area (Å²) in [5.74, 6) is 0.0722. The fraction of sp³-hybridized carbons (Fsp3) is 0. The second-order valence-corrected chi connectivity index (χ2v) is 2.59. The van der Waals surface area contributed by atoms with Crippen molar-refractivity contribution in [3.05, 3.63) is 17.0 Å². The van der Waals surface area contributed by atoms with Crippen LogP contribution in [0.4, 0.5) is 5.00 Å². The summed E-state index contributed by atoms with van der Waals surface area (Å²) in [6.07, 6.45) is 0. The number of nitrogens with two attached hydrogens (primary N) is 2. The Hall–Kier alpha value is -0.450. The van der Waals surface area contributed by atoms with Crippen molar-refractivity contribution < 1.29 is 0 Å². The molecule has 1 aromatic heterocycles. The van der Waals surface area contributed by atoms with Gasteiger partial charge in [-0.3, -0.25) is 5.41 Å². The third kappa shape index (κ3) is 3.46. The van der Waals surface area contributed by atoms with E-state index in [1.807, 2.05) is 0 Å². The third-order valence-electron chi connectivity index (χ3n) is 0.931. The van der Waals surface area contributed by atoms with Gasteiger partial charge < -0.3 is 11.5 Å². The number of amidine groups is 1. The third-order valence-corrected chi connectivity index (χ3v) is 1.69. The van der Waals surface area contributed by atoms with Crippen LogP contribution in [0, 0.1) is 5.41 Å². The normalized spacial score (nSPS) is 7.64. The number of nitrogen functional groups attached to an aromatic ring is 2.